The van der Waals surface area contributed by atoms with Crippen LogP contribution >= 0.6 is 15.6 Å². The Labute approximate surface area is 633 Å². The highest BCUT2D eigenvalue weighted by molar-refractivity contribution is 7.47. The number of phosphoric ester groups is 2. The summed E-state index contributed by atoms with van der Waals surface area (Å²) in [6.45, 7) is 4.76. The van der Waals surface area contributed by atoms with E-state index in [9.17, 15) is 43.2 Å². The summed E-state index contributed by atoms with van der Waals surface area (Å²) in [6.07, 6.45) is 82.3. The fourth-order valence-corrected chi connectivity index (χ4v) is 12.7. The lowest BCUT2D eigenvalue weighted by Gasteiger charge is -2.21. The van der Waals surface area contributed by atoms with Crippen molar-refractivity contribution >= 4 is 39.5 Å². The van der Waals surface area contributed by atoms with E-state index in [4.69, 9.17) is 37.0 Å². The first kappa shape index (κ1) is 100.0. The molecule has 3 N–H and O–H groups in total. The van der Waals surface area contributed by atoms with Crippen molar-refractivity contribution in [2.75, 3.05) is 39.6 Å². The molecule has 0 aliphatic carbocycles. The first-order chi connectivity index (χ1) is 50.7. The summed E-state index contributed by atoms with van der Waals surface area (Å²) >= 11 is 0. The molecular weight excluding hydrogens is 1350 g/mol. The second kappa shape index (κ2) is 77.1. The molecule has 0 rings (SSSR count). The zero-order valence-corrected chi connectivity index (χ0v) is 67.7. The van der Waals surface area contributed by atoms with Gasteiger partial charge in [0.1, 0.15) is 19.3 Å². The van der Waals surface area contributed by atoms with E-state index in [-0.39, 0.29) is 25.7 Å². The van der Waals surface area contributed by atoms with Gasteiger partial charge < -0.3 is 33.8 Å². The molecule has 0 saturated heterocycles. The Morgan fingerprint density at radius 3 is 0.779 bits per heavy atom. The van der Waals surface area contributed by atoms with Gasteiger partial charge in [-0.05, 0) is 128 Å². The molecule has 0 bridgehead atoms. The lowest BCUT2D eigenvalue weighted by Crippen LogP contribution is -2.30. The first-order valence-electron chi connectivity index (χ1n) is 41.5. The molecule has 104 heavy (non-hydrogen) atoms. The van der Waals surface area contributed by atoms with Gasteiger partial charge in [0, 0.05) is 25.7 Å². The van der Waals surface area contributed by atoms with Crippen LogP contribution in [-0.4, -0.2) is 96.7 Å². The van der Waals surface area contributed by atoms with Gasteiger partial charge in [-0.2, -0.15) is 0 Å². The summed E-state index contributed by atoms with van der Waals surface area (Å²) in [5.74, 6) is -2.20. The largest absolute Gasteiger partial charge is 0.472 e. The van der Waals surface area contributed by atoms with Crippen molar-refractivity contribution in [1.29, 1.82) is 0 Å². The third kappa shape index (κ3) is 76.2. The molecular formula is C85H150O17P2. The molecule has 5 atom stereocenters. The predicted octanol–water partition coefficient (Wildman–Crippen LogP) is 24.3. The minimum absolute atomic E-state index is 0.0761. The maximum absolute atomic E-state index is 13.1. The summed E-state index contributed by atoms with van der Waals surface area (Å²) in [5.41, 5.74) is 0. The maximum Gasteiger partial charge on any atom is 0.472 e. The Kier molecular flexibility index (Phi) is 74.2. The number of hydrogen-bond donors (Lipinski definition) is 3. The maximum atomic E-state index is 13.1. The molecule has 0 radical (unpaired) electrons. The molecule has 0 aromatic heterocycles. The lowest BCUT2D eigenvalue weighted by atomic mass is 10.0. The van der Waals surface area contributed by atoms with E-state index in [1.54, 1.807) is 0 Å². The molecule has 0 aromatic rings. The Hall–Kier alpha value is -4.02. The van der Waals surface area contributed by atoms with Crippen LogP contribution in [-0.2, 0) is 65.4 Å². The minimum Gasteiger partial charge on any atom is -0.462 e. The van der Waals surface area contributed by atoms with Gasteiger partial charge in [0.25, 0.3) is 0 Å². The van der Waals surface area contributed by atoms with Gasteiger partial charge in [-0.25, -0.2) is 9.13 Å². The van der Waals surface area contributed by atoms with Crippen molar-refractivity contribution in [3.63, 3.8) is 0 Å². The van der Waals surface area contributed by atoms with Gasteiger partial charge in [-0.1, -0.05) is 305 Å². The predicted molar refractivity (Wildman–Crippen MR) is 427 cm³/mol. The monoisotopic (exact) mass is 1510 g/mol. The van der Waals surface area contributed by atoms with Crippen LogP contribution in [0.1, 0.15) is 362 Å². The van der Waals surface area contributed by atoms with E-state index >= 15 is 0 Å². The topological polar surface area (TPSA) is 237 Å². The number of esters is 4. The summed E-state index contributed by atoms with van der Waals surface area (Å²) in [4.78, 5) is 73.1. The van der Waals surface area contributed by atoms with Crippen LogP contribution in [0.5, 0.6) is 0 Å². The molecule has 0 aliphatic rings. The zero-order chi connectivity index (χ0) is 76.0. The quantitative estimate of drug-likeness (QED) is 0.0169. The molecule has 5 unspecified atom stereocenters. The third-order valence-corrected chi connectivity index (χ3v) is 19.4. The van der Waals surface area contributed by atoms with Crippen molar-refractivity contribution in [1.82, 2.24) is 0 Å². The van der Waals surface area contributed by atoms with Crippen LogP contribution in [0.25, 0.3) is 0 Å². The lowest BCUT2D eigenvalue weighted by molar-refractivity contribution is -0.161. The highest BCUT2D eigenvalue weighted by Crippen LogP contribution is 2.45. The van der Waals surface area contributed by atoms with Crippen LogP contribution in [0.2, 0.25) is 0 Å². The van der Waals surface area contributed by atoms with E-state index in [0.29, 0.717) is 25.7 Å². The number of carbonyl (C=O) groups excluding carboxylic acids is 4. The summed E-state index contributed by atoms with van der Waals surface area (Å²) < 4.78 is 68.7. The molecule has 0 heterocycles. The fraction of sp³-hybridized carbons (Fsp3) is 0.765. The second-order valence-electron chi connectivity index (χ2n) is 27.7. The van der Waals surface area contributed by atoms with Crippen LogP contribution in [0.3, 0.4) is 0 Å². The molecule has 0 amide bonds. The van der Waals surface area contributed by atoms with Gasteiger partial charge in [0.2, 0.25) is 0 Å². The summed E-state index contributed by atoms with van der Waals surface area (Å²) in [5, 5.41) is 10.6. The van der Waals surface area contributed by atoms with Gasteiger partial charge in [0.05, 0.1) is 26.4 Å². The highest BCUT2D eigenvalue weighted by atomic mass is 31.2. The van der Waals surface area contributed by atoms with Crippen LogP contribution in [0.15, 0.2) is 97.2 Å². The van der Waals surface area contributed by atoms with E-state index in [1.165, 1.54) is 89.9 Å². The third-order valence-electron chi connectivity index (χ3n) is 17.5. The average Bonchev–Trinajstić information content (AvgIpc) is 0.911. The van der Waals surface area contributed by atoms with Gasteiger partial charge >= 0.3 is 39.5 Å². The average molecular weight is 1510 g/mol. The Morgan fingerprint density at radius 2 is 0.490 bits per heavy atom. The number of aliphatic hydroxyl groups excluding tert-OH is 1. The molecule has 0 fully saturated rings. The SMILES string of the molecule is CCC/C=C\C/C=C\CCCCCCCC(=O)OC(COC(=O)CCCCCCCC/C=C\C/C=C\C/C=C\CCCCC)COP(=O)(O)OCC(O)COP(=O)(O)OCC(COC(=O)CCCCCCCC/C=C\C/C=C\C/C=C\CCCCC)OC(=O)CCCCCCCCCCCCCCC. The highest BCUT2D eigenvalue weighted by Gasteiger charge is 2.30. The van der Waals surface area contributed by atoms with E-state index in [1.807, 2.05) is 0 Å². The van der Waals surface area contributed by atoms with Crippen LogP contribution < -0.4 is 0 Å². The number of phosphoric acid groups is 2. The van der Waals surface area contributed by atoms with E-state index < -0.39 is 97.5 Å². The number of aliphatic hydroxyl groups is 1. The number of unbranched alkanes of at least 4 members (excludes halogenated alkanes) is 36. The smallest absolute Gasteiger partial charge is 0.462 e. The number of rotatable bonds is 78. The van der Waals surface area contributed by atoms with Gasteiger partial charge in [-0.15, -0.1) is 0 Å². The Morgan fingerprint density at radius 1 is 0.269 bits per heavy atom. The zero-order valence-electron chi connectivity index (χ0n) is 65.9. The molecule has 0 spiro atoms. The van der Waals surface area contributed by atoms with Crippen molar-refractivity contribution < 1.29 is 80.2 Å². The Bertz CT molecular complexity index is 2350. The van der Waals surface area contributed by atoms with E-state index in [0.717, 1.165) is 193 Å². The summed E-state index contributed by atoms with van der Waals surface area (Å²) in [7, 11) is -9.96. The summed E-state index contributed by atoms with van der Waals surface area (Å²) in [6, 6.07) is 0. The molecule has 0 saturated carbocycles. The molecule has 0 aromatic carbocycles. The first-order valence-corrected chi connectivity index (χ1v) is 44.5. The molecule has 602 valence electrons. The van der Waals surface area contributed by atoms with Crippen LogP contribution in [0.4, 0.5) is 0 Å². The van der Waals surface area contributed by atoms with Crippen LogP contribution in [0, 0.1) is 0 Å². The second-order valence-corrected chi connectivity index (χ2v) is 30.6. The van der Waals surface area contributed by atoms with Crippen molar-refractivity contribution in [3.8, 4) is 0 Å². The number of allylic oxidation sites excluding steroid dienone is 16. The molecule has 17 nitrogen and oxygen atoms in total. The van der Waals surface area contributed by atoms with E-state index in [2.05, 4.69) is 125 Å². The molecule has 19 heteroatoms. The normalized spacial score (nSPS) is 14.3. The minimum atomic E-state index is -4.98. The standard InChI is InChI=1S/C85H150O17P2/c1-5-9-13-17-21-25-29-33-35-37-39-41-43-47-49-53-57-61-65-69-82(87)95-75-80(101-84(89)71-67-63-59-55-51-45-31-27-23-19-15-11-7-3)77-99-103(91,92)97-73-79(86)74-98-104(93,94)100-78-81(102-85(90)72-68-64-60-56-52-46-32-28-24-20-16-12-8-4)76-96-83(88)70-66-62-58-54-50-48-44-42-40-38-36-34-30-26-22-18-14-10-6-2/h15,19,21-22,25-27,31,33-36,39-42,79-81,86H,5-14,16-18,20,23-24,28-30,32,37-38,43-78H2,1-4H3,(H,91,92)(H,93,94)/b19-15-,25-21-,26-22-,31-27-,35-33-,36-34-,41-39-,42-40-. The van der Waals surface area contributed by atoms with Gasteiger partial charge in [-0.3, -0.25) is 37.3 Å². The fourth-order valence-electron chi connectivity index (χ4n) is 11.2. The number of carbonyl (C=O) groups is 4. The van der Waals surface area contributed by atoms with Crippen molar-refractivity contribution in [2.24, 2.45) is 0 Å². The van der Waals surface area contributed by atoms with Crippen molar-refractivity contribution in [2.45, 2.75) is 380 Å². The number of hydrogen-bond acceptors (Lipinski definition) is 15. The number of ether oxygens (including phenoxy) is 4. The van der Waals surface area contributed by atoms with Gasteiger partial charge in [0.15, 0.2) is 12.2 Å². The Balaban J connectivity index is 5.33. The van der Waals surface area contributed by atoms with Crippen molar-refractivity contribution in [3.05, 3.63) is 97.2 Å². The molecule has 0 aliphatic heterocycles.